The number of carbonyl (C=O) groups excluding carboxylic acids is 2. The first-order valence-corrected chi connectivity index (χ1v) is 6.51. The summed E-state index contributed by atoms with van der Waals surface area (Å²) in [6.07, 6.45) is 4.69. The van der Waals surface area contributed by atoms with Gasteiger partial charge in [0.1, 0.15) is 4.60 Å². The third-order valence-electron chi connectivity index (χ3n) is 2.34. The van der Waals surface area contributed by atoms with Gasteiger partial charge in [0.15, 0.2) is 11.4 Å². The number of aromatic nitrogens is 4. The van der Waals surface area contributed by atoms with Crippen LogP contribution < -0.4 is 0 Å². The lowest BCUT2D eigenvalue weighted by atomic mass is 10.5. The van der Waals surface area contributed by atoms with Gasteiger partial charge in [0.05, 0.1) is 26.9 Å². The molecule has 0 radical (unpaired) electrons. The number of halogens is 1. The number of hydrogen-bond donors (Lipinski definition) is 0. The van der Waals surface area contributed by atoms with Gasteiger partial charge in [0, 0.05) is 20.3 Å². The van der Waals surface area contributed by atoms with Crippen LogP contribution >= 0.6 is 15.9 Å². The fourth-order valence-corrected chi connectivity index (χ4v) is 1.63. The average molecular weight is 359 g/mol. The molecule has 0 aromatic carbocycles. The van der Waals surface area contributed by atoms with Crippen LogP contribution in [0.25, 0.3) is 0 Å². The SMILES string of the molecule is COC(=O)c1cn(C)cn1.COC(=O)c1ncn(C)c1Br. The van der Waals surface area contributed by atoms with E-state index in [1.165, 1.54) is 20.5 Å². The average Bonchev–Trinajstić information content (AvgIpc) is 3.05. The van der Waals surface area contributed by atoms with Gasteiger partial charge in [-0.1, -0.05) is 0 Å². The lowest BCUT2D eigenvalue weighted by Crippen LogP contribution is -2.02. The summed E-state index contributed by atoms with van der Waals surface area (Å²) in [4.78, 5) is 29.3. The van der Waals surface area contributed by atoms with E-state index in [1.54, 1.807) is 35.8 Å². The molecule has 2 heterocycles. The quantitative estimate of drug-likeness (QED) is 0.748. The molecule has 9 heteroatoms. The molecule has 0 atom stereocenters. The van der Waals surface area contributed by atoms with Crippen molar-refractivity contribution in [2.45, 2.75) is 0 Å². The second-order valence-electron chi connectivity index (χ2n) is 3.90. The van der Waals surface area contributed by atoms with Crippen LogP contribution in [0.15, 0.2) is 23.5 Å². The third kappa shape index (κ3) is 4.42. The maximum absolute atomic E-state index is 10.9. The van der Waals surface area contributed by atoms with E-state index in [0.29, 0.717) is 16.0 Å². The van der Waals surface area contributed by atoms with Crippen LogP contribution in [0.4, 0.5) is 0 Å². The van der Waals surface area contributed by atoms with E-state index in [2.05, 4.69) is 35.4 Å². The molecule has 0 unspecified atom stereocenters. The lowest BCUT2D eigenvalue weighted by Gasteiger charge is -1.94. The molecule has 0 fully saturated rings. The molecule has 114 valence electrons. The number of hydrogen-bond acceptors (Lipinski definition) is 6. The molecule has 0 N–H and O–H groups in total. The maximum Gasteiger partial charge on any atom is 0.359 e. The number of ether oxygens (including phenoxy) is 2. The number of esters is 2. The lowest BCUT2D eigenvalue weighted by molar-refractivity contribution is 0.0585. The monoisotopic (exact) mass is 358 g/mol. The van der Waals surface area contributed by atoms with Crippen molar-refractivity contribution in [3.63, 3.8) is 0 Å². The van der Waals surface area contributed by atoms with E-state index < -0.39 is 11.9 Å². The molecular formula is C12H15BrN4O4. The number of carbonyl (C=O) groups is 2. The first-order valence-electron chi connectivity index (χ1n) is 5.72. The van der Waals surface area contributed by atoms with Gasteiger partial charge in [-0.3, -0.25) is 0 Å². The minimum Gasteiger partial charge on any atom is -0.464 e. The molecule has 0 bridgehead atoms. The van der Waals surface area contributed by atoms with Gasteiger partial charge in [-0.25, -0.2) is 19.6 Å². The Balaban J connectivity index is 0.000000211. The summed E-state index contributed by atoms with van der Waals surface area (Å²) >= 11 is 3.19. The highest BCUT2D eigenvalue weighted by molar-refractivity contribution is 9.10. The predicted octanol–water partition coefficient (Wildman–Crippen LogP) is 1.18. The van der Waals surface area contributed by atoms with Crippen LogP contribution in [0.3, 0.4) is 0 Å². The molecule has 0 spiro atoms. The second kappa shape index (κ2) is 7.58. The van der Waals surface area contributed by atoms with E-state index in [0.717, 1.165) is 0 Å². The van der Waals surface area contributed by atoms with Crippen molar-refractivity contribution in [1.29, 1.82) is 0 Å². The standard InChI is InChI=1S/C6H7BrN2O2.C6H8N2O2/c1-9-3-8-4(5(9)7)6(10)11-2;1-8-3-5(7-4-8)6(9)10-2/h3H,1-2H3;3-4H,1-2H3. The molecule has 0 saturated carbocycles. The third-order valence-corrected chi connectivity index (χ3v) is 3.28. The fourth-order valence-electron chi connectivity index (χ4n) is 1.27. The van der Waals surface area contributed by atoms with Crippen LogP contribution in [0.5, 0.6) is 0 Å². The highest BCUT2D eigenvalue weighted by atomic mass is 79.9. The van der Waals surface area contributed by atoms with Crippen molar-refractivity contribution < 1.29 is 19.1 Å². The van der Waals surface area contributed by atoms with Crippen molar-refractivity contribution in [2.24, 2.45) is 14.1 Å². The van der Waals surface area contributed by atoms with Gasteiger partial charge in [-0.2, -0.15) is 0 Å². The number of rotatable bonds is 2. The Bertz CT molecular complexity index is 635. The molecule has 0 amide bonds. The highest BCUT2D eigenvalue weighted by Gasteiger charge is 2.14. The zero-order valence-electron chi connectivity index (χ0n) is 12.0. The maximum atomic E-state index is 10.9. The minimum atomic E-state index is -0.433. The Morgan fingerprint density at radius 1 is 1.10 bits per heavy atom. The summed E-state index contributed by atoms with van der Waals surface area (Å²) in [6.45, 7) is 0. The number of methoxy groups -OCH3 is 2. The number of nitrogens with zero attached hydrogens (tertiary/aromatic N) is 4. The molecule has 0 aliphatic heterocycles. The van der Waals surface area contributed by atoms with Crippen LogP contribution in [-0.2, 0) is 23.6 Å². The second-order valence-corrected chi connectivity index (χ2v) is 4.65. The summed E-state index contributed by atoms with van der Waals surface area (Å²) in [6, 6.07) is 0. The number of aryl methyl sites for hydroxylation is 2. The Morgan fingerprint density at radius 3 is 2.10 bits per heavy atom. The molecule has 0 saturated heterocycles. The van der Waals surface area contributed by atoms with Crippen LogP contribution in [0.2, 0.25) is 0 Å². The molecule has 2 aromatic rings. The van der Waals surface area contributed by atoms with Crippen LogP contribution in [0, 0.1) is 0 Å². The predicted molar refractivity (Wildman–Crippen MR) is 76.8 cm³/mol. The normalized spacial score (nSPS) is 9.57. The van der Waals surface area contributed by atoms with Gasteiger partial charge < -0.3 is 18.6 Å². The highest BCUT2D eigenvalue weighted by Crippen LogP contribution is 2.14. The number of imidazole rings is 2. The van der Waals surface area contributed by atoms with Crippen molar-refractivity contribution in [2.75, 3.05) is 14.2 Å². The van der Waals surface area contributed by atoms with Crippen molar-refractivity contribution >= 4 is 27.9 Å². The first kappa shape index (κ1) is 16.9. The topological polar surface area (TPSA) is 88.2 Å². The molecule has 0 aliphatic carbocycles. The zero-order valence-corrected chi connectivity index (χ0v) is 13.6. The largest absolute Gasteiger partial charge is 0.464 e. The first-order chi connectivity index (χ1) is 9.90. The zero-order chi connectivity index (χ0) is 16.0. The Labute approximate surface area is 129 Å². The van der Waals surface area contributed by atoms with Gasteiger partial charge in [-0.05, 0) is 15.9 Å². The minimum absolute atomic E-state index is 0.301. The molecular weight excluding hydrogens is 344 g/mol. The van der Waals surface area contributed by atoms with Crippen molar-refractivity contribution in [1.82, 2.24) is 19.1 Å². The molecule has 0 aliphatic rings. The van der Waals surface area contributed by atoms with Crippen LogP contribution in [0.1, 0.15) is 21.0 Å². The van der Waals surface area contributed by atoms with Gasteiger partial charge in [-0.15, -0.1) is 0 Å². The van der Waals surface area contributed by atoms with E-state index in [1.807, 2.05) is 0 Å². The van der Waals surface area contributed by atoms with Gasteiger partial charge in [0.25, 0.3) is 0 Å². The summed E-state index contributed by atoms with van der Waals surface area (Å²) in [5.74, 6) is -0.835. The summed E-state index contributed by atoms with van der Waals surface area (Å²) in [7, 11) is 6.23. The molecule has 2 aromatic heterocycles. The van der Waals surface area contributed by atoms with Crippen molar-refractivity contribution in [3.8, 4) is 0 Å². The van der Waals surface area contributed by atoms with E-state index in [4.69, 9.17) is 0 Å². The van der Waals surface area contributed by atoms with E-state index in [-0.39, 0.29) is 0 Å². The Morgan fingerprint density at radius 2 is 1.71 bits per heavy atom. The molecule has 2 rings (SSSR count). The molecule has 8 nitrogen and oxygen atoms in total. The smallest absolute Gasteiger partial charge is 0.359 e. The Hall–Kier alpha value is -2.16. The van der Waals surface area contributed by atoms with Crippen LogP contribution in [-0.4, -0.2) is 45.3 Å². The van der Waals surface area contributed by atoms with E-state index >= 15 is 0 Å². The molecule has 21 heavy (non-hydrogen) atoms. The van der Waals surface area contributed by atoms with Gasteiger partial charge in [0.2, 0.25) is 0 Å². The Kier molecular flexibility index (Phi) is 6.10. The fraction of sp³-hybridized carbons (Fsp3) is 0.333. The van der Waals surface area contributed by atoms with Gasteiger partial charge >= 0.3 is 11.9 Å². The summed E-state index contributed by atoms with van der Waals surface area (Å²) in [5, 5.41) is 0. The van der Waals surface area contributed by atoms with Crippen molar-refractivity contribution in [3.05, 3.63) is 34.8 Å². The summed E-state index contributed by atoms with van der Waals surface area (Å²) < 4.78 is 12.9. The summed E-state index contributed by atoms with van der Waals surface area (Å²) in [5.41, 5.74) is 0.639. The van der Waals surface area contributed by atoms with E-state index in [9.17, 15) is 9.59 Å².